The molecule has 4 N–H and O–H groups in total. The highest BCUT2D eigenvalue weighted by Crippen LogP contribution is 2.24. The lowest BCUT2D eigenvalue weighted by Gasteiger charge is -2.28. The van der Waals surface area contributed by atoms with E-state index in [0.29, 0.717) is 30.3 Å². The summed E-state index contributed by atoms with van der Waals surface area (Å²) in [6.07, 6.45) is 1.07. The van der Waals surface area contributed by atoms with Gasteiger partial charge >= 0.3 is 0 Å². The van der Waals surface area contributed by atoms with Gasteiger partial charge in [0, 0.05) is 31.0 Å². The summed E-state index contributed by atoms with van der Waals surface area (Å²) in [5.41, 5.74) is 7.76. The highest BCUT2D eigenvalue weighted by atomic mass is 16.2. The number of fused-ring (bicyclic) bond motifs is 1. The summed E-state index contributed by atoms with van der Waals surface area (Å²) in [6, 6.07) is 10.7. The molecule has 0 bridgehead atoms. The highest BCUT2D eigenvalue weighted by molar-refractivity contribution is 5.82. The summed E-state index contributed by atoms with van der Waals surface area (Å²) in [5, 5.41) is 6.56. The van der Waals surface area contributed by atoms with Crippen LogP contribution in [-0.2, 0) is 4.79 Å². The van der Waals surface area contributed by atoms with E-state index < -0.39 is 0 Å². The van der Waals surface area contributed by atoms with Crippen LogP contribution in [0.3, 0.4) is 0 Å². The Hall–Kier alpha value is -1.43. The molecule has 23 heavy (non-hydrogen) atoms. The van der Waals surface area contributed by atoms with E-state index in [1.165, 1.54) is 5.56 Å². The fraction of sp³-hybridized carbons (Fsp3) is 0.611. The summed E-state index contributed by atoms with van der Waals surface area (Å²) in [6.45, 7) is 7.02. The molecule has 126 valence electrons. The van der Waals surface area contributed by atoms with E-state index in [2.05, 4.69) is 59.6 Å². The van der Waals surface area contributed by atoms with E-state index in [-0.39, 0.29) is 11.9 Å². The third kappa shape index (κ3) is 3.74. The number of carbonyl (C=O) groups is 1. The minimum atomic E-state index is -0.142. The van der Waals surface area contributed by atoms with Gasteiger partial charge in [-0.1, -0.05) is 44.2 Å². The van der Waals surface area contributed by atoms with Gasteiger partial charge in [-0.3, -0.25) is 10.2 Å². The Morgan fingerprint density at radius 1 is 1.26 bits per heavy atom. The van der Waals surface area contributed by atoms with Crippen molar-refractivity contribution in [2.45, 2.75) is 38.3 Å². The maximum Gasteiger partial charge on any atom is 0.238 e. The lowest BCUT2D eigenvalue weighted by atomic mass is 9.87. The van der Waals surface area contributed by atoms with Gasteiger partial charge in [0.25, 0.3) is 0 Å². The van der Waals surface area contributed by atoms with Crippen molar-refractivity contribution in [1.29, 1.82) is 0 Å². The van der Waals surface area contributed by atoms with Gasteiger partial charge in [-0.15, -0.1) is 0 Å². The largest absolute Gasteiger partial charge is 0.354 e. The normalized spacial score (nSPS) is 28.4. The second kappa shape index (κ2) is 7.43. The monoisotopic (exact) mass is 316 g/mol. The van der Waals surface area contributed by atoms with Crippen LogP contribution in [0, 0.1) is 11.8 Å². The first-order valence-corrected chi connectivity index (χ1v) is 8.71. The smallest absolute Gasteiger partial charge is 0.238 e. The molecule has 5 nitrogen and oxygen atoms in total. The number of piperidine rings is 1. The molecule has 4 unspecified atom stereocenters. The topological polar surface area (TPSA) is 65.2 Å². The van der Waals surface area contributed by atoms with Crippen LogP contribution < -0.4 is 21.5 Å². The van der Waals surface area contributed by atoms with E-state index in [4.69, 9.17) is 0 Å². The van der Waals surface area contributed by atoms with Crippen LogP contribution in [-0.4, -0.2) is 37.6 Å². The molecule has 0 aliphatic carbocycles. The van der Waals surface area contributed by atoms with Crippen molar-refractivity contribution in [2.24, 2.45) is 11.8 Å². The van der Waals surface area contributed by atoms with Crippen LogP contribution in [0.2, 0.25) is 0 Å². The second-order valence-electron chi connectivity index (χ2n) is 7.04. The SMILES string of the molecule is CC(C)C(CNC(=O)C1NNC2CCNCC21)c1ccccc1. The third-order valence-electron chi connectivity index (χ3n) is 5.19. The Balaban J connectivity index is 1.59. The van der Waals surface area contributed by atoms with Crippen molar-refractivity contribution in [1.82, 2.24) is 21.5 Å². The fourth-order valence-electron chi connectivity index (χ4n) is 3.74. The molecule has 0 spiro atoms. The van der Waals surface area contributed by atoms with Gasteiger partial charge in [-0.05, 0) is 24.4 Å². The number of hydrogen-bond acceptors (Lipinski definition) is 4. The molecule has 2 aliphatic rings. The van der Waals surface area contributed by atoms with E-state index >= 15 is 0 Å². The molecule has 1 amide bonds. The molecule has 0 aromatic heterocycles. The lowest BCUT2D eigenvalue weighted by molar-refractivity contribution is -0.124. The van der Waals surface area contributed by atoms with Crippen molar-refractivity contribution >= 4 is 5.91 Å². The number of carbonyl (C=O) groups excluding carboxylic acids is 1. The molecule has 5 heteroatoms. The predicted molar refractivity (Wildman–Crippen MR) is 91.9 cm³/mol. The van der Waals surface area contributed by atoms with Crippen molar-refractivity contribution in [3.05, 3.63) is 35.9 Å². The average molecular weight is 316 g/mol. The van der Waals surface area contributed by atoms with Gasteiger partial charge in [-0.2, -0.15) is 0 Å². The molecule has 2 fully saturated rings. The number of benzene rings is 1. The van der Waals surface area contributed by atoms with Crippen LogP contribution >= 0.6 is 0 Å². The van der Waals surface area contributed by atoms with Crippen molar-refractivity contribution < 1.29 is 4.79 Å². The average Bonchev–Trinajstić information content (AvgIpc) is 2.99. The summed E-state index contributed by atoms with van der Waals surface area (Å²) < 4.78 is 0. The Morgan fingerprint density at radius 3 is 2.78 bits per heavy atom. The molecule has 2 heterocycles. The molecule has 2 aliphatic heterocycles. The van der Waals surface area contributed by atoms with E-state index in [1.807, 2.05) is 6.07 Å². The zero-order valence-corrected chi connectivity index (χ0v) is 14.0. The molecule has 3 rings (SSSR count). The number of nitrogens with one attached hydrogen (secondary N) is 4. The molecule has 0 radical (unpaired) electrons. The van der Waals surface area contributed by atoms with E-state index in [1.54, 1.807) is 0 Å². The van der Waals surface area contributed by atoms with Gasteiger partial charge in [0.1, 0.15) is 6.04 Å². The summed E-state index contributed by atoms with van der Waals surface area (Å²) in [4.78, 5) is 12.6. The molecular formula is C18H28N4O. The molecule has 2 saturated heterocycles. The predicted octanol–water partition coefficient (Wildman–Crippen LogP) is 0.997. The Bertz CT molecular complexity index is 519. The maximum absolute atomic E-state index is 12.6. The van der Waals surface area contributed by atoms with Crippen LogP contribution in [0.5, 0.6) is 0 Å². The quantitative estimate of drug-likeness (QED) is 0.654. The zero-order chi connectivity index (χ0) is 16.2. The number of hydrogen-bond donors (Lipinski definition) is 4. The lowest BCUT2D eigenvalue weighted by Crippen LogP contribution is -2.50. The van der Waals surface area contributed by atoms with Crippen LogP contribution in [0.1, 0.15) is 31.7 Å². The Morgan fingerprint density at radius 2 is 2.04 bits per heavy atom. The molecule has 0 saturated carbocycles. The standard InChI is InChI=1S/C18H28N4O/c1-12(2)14(13-6-4-3-5-7-13)11-20-18(23)17-15-10-19-9-8-16(15)21-22-17/h3-7,12,14-17,19,21-22H,8-11H2,1-2H3,(H,20,23). The number of amides is 1. The summed E-state index contributed by atoms with van der Waals surface area (Å²) >= 11 is 0. The Labute approximate surface area is 138 Å². The highest BCUT2D eigenvalue weighted by Gasteiger charge is 2.41. The van der Waals surface area contributed by atoms with Gasteiger partial charge in [-0.25, -0.2) is 5.43 Å². The van der Waals surface area contributed by atoms with Gasteiger partial charge in [0.05, 0.1) is 0 Å². The van der Waals surface area contributed by atoms with Crippen molar-refractivity contribution in [3.63, 3.8) is 0 Å². The zero-order valence-electron chi connectivity index (χ0n) is 14.0. The first-order valence-electron chi connectivity index (χ1n) is 8.71. The van der Waals surface area contributed by atoms with Crippen molar-refractivity contribution in [2.75, 3.05) is 19.6 Å². The van der Waals surface area contributed by atoms with Gasteiger partial charge in [0.15, 0.2) is 0 Å². The van der Waals surface area contributed by atoms with Crippen molar-refractivity contribution in [3.8, 4) is 0 Å². The maximum atomic E-state index is 12.6. The van der Waals surface area contributed by atoms with Gasteiger partial charge in [0.2, 0.25) is 5.91 Å². The van der Waals surface area contributed by atoms with E-state index in [0.717, 1.165) is 19.5 Å². The van der Waals surface area contributed by atoms with Crippen LogP contribution in [0.15, 0.2) is 30.3 Å². The van der Waals surface area contributed by atoms with Crippen LogP contribution in [0.25, 0.3) is 0 Å². The minimum Gasteiger partial charge on any atom is -0.354 e. The minimum absolute atomic E-state index is 0.107. The third-order valence-corrected chi connectivity index (χ3v) is 5.19. The number of hydrazine groups is 1. The number of rotatable bonds is 5. The van der Waals surface area contributed by atoms with Gasteiger partial charge < -0.3 is 10.6 Å². The first kappa shape index (κ1) is 16.4. The van der Waals surface area contributed by atoms with Crippen LogP contribution in [0.4, 0.5) is 0 Å². The van der Waals surface area contributed by atoms with E-state index in [9.17, 15) is 4.79 Å². The molecule has 4 atom stereocenters. The molecule has 1 aromatic carbocycles. The first-order chi connectivity index (χ1) is 11.2. The second-order valence-corrected chi connectivity index (χ2v) is 7.04. The fourth-order valence-corrected chi connectivity index (χ4v) is 3.74. The Kier molecular flexibility index (Phi) is 5.30. The molecule has 1 aromatic rings. The summed E-state index contributed by atoms with van der Waals surface area (Å²) in [7, 11) is 0. The summed E-state index contributed by atoms with van der Waals surface area (Å²) in [5.74, 6) is 1.26. The molecular weight excluding hydrogens is 288 g/mol.